The molecule has 0 aromatic heterocycles. The van der Waals surface area contributed by atoms with Gasteiger partial charge in [0.1, 0.15) is 0 Å². The number of hydrogen-bond acceptors (Lipinski definition) is 0. The van der Waals surface area contributed by atoms with E-state index in [4.69, 9.17) is 0 Å². The number of benzene rings is 1. The van der Waals surface area contributed by atoms with Crippen molar-refractivity contribution in [2.45, 2.75) is 32.1 Å². The van der Waals surface area contributed by atoms with E-state index >= 15 is 0 Å². The third-order valence-corrected chi connectivity index (χ3v) is 3.50. The molecule has 0 N–H and O–H groups in total. The van der Waals surface area contributed by atoms with Gasteiger partial charge in [-0.05, 0) is 12.0 Å². The van der Waals surface area contributed by atoms with Crippen LogP contribution in [-0.2, 0) is 0 Å². The normalized spacial score (nSPS) is 26.8. The van der Waals surface area contributed by atoms with Gasteiger partial charge < -0.3 is 0 Å². The van der Waals surface area contributed by atoms with E-state index in [1.54, 1.807) is 12.2 Å². The van der Waals surface area contributed by atoms with Crippen molar-refractivity contribution in [1.82, 2.24) is 0 Å². The second kappa shape index (κ2) is 5.47. The lowest BCUT2D eigenvalue weighted by Gasteiger charge is -2.30. The maximum atomic E-state index is 13.2. The average Bonchev–Trinajstić information content (AvgIpc) is 2.41. The van der Waals surface area contributed by atoms with E-state index in [2.05, 4.69) is 0 Å². The SMILES string of the molecule is CCCC1(C(F)F)C=CC(c2ccccc2)C=C1. The first-order valence-electron chi connectivity index (χ1n) is 6.40. The molecule has 1 aromatic rings. The van der Waals surface area contributed by atoms with Crippen LogP contribution in [0.25, 0.3) is 0 Å². The lowest BCUT2D eigenvalue weighted by molar-refractivity contribution is 0.0506. The van der Waals surface area contributed by atoms with Gasteiger partial charge in [0.15, 0.2) is 0 Å². The van der Waals surface area contributed by atoms with E-state index in [0.29, 0.717) is 6.42 Å². The molecule has 2 heteroatoms. The van der Waals surface area contributed by atoms with Gasteiger partial charge in [-0.1, -0.05) is 68.0 Å². The molecule has 1 aromatic carbocycles. The third kappa shape index (κ3) is 2.53. The standard InChI is InChI=1S/C16H18F2/c1-2-10-16(15(17)18)11-8-14(9-12-16)13-6-4-3-5-7-13/h3-9,11-12,14-15H,2,10H2,1H3. The molecule has 0 saturated heterocycles. The molecule has 1 aliphatic carbocycles. The van der Waals surface area contributed by atoms with Crippen LogP contribution in [0.2, 0.25) is 0 Å². The van der Waals surface area contributed by atoms with Crippen LogP contribution in [0.5, 0.6) is 0 Å². The predicted molar refractivity (Wildman–Crippen MR) is 70.8 cm³/mol. The summed E-state index contributed by atoms with van der Waals surface area (Å²) in [6.45, 7) is 1.94. The van der Waals surface area contributed by atoms with Gasteiger partial charge >= 0.3 is 0 Å². The first-order chi connectivity index (χ1) is 8.68. The van der Waals surface area contributed by atoms with Crippen LogP contribution in [0.1, 0.15) is 31.2 Å². The van der Waals surface area contributed by atoms with Crippen molar-refractivity contribution in [2.24, 2.45) is 5.41 Å². The topological polar surface area (TPSA) is 0 Å². The Bertz CT molecular complexity index is 418. The number of hydrogen-bond donors (Lipinski definition) is 0. The summed E-state index contributed by atoms with van der Waals surface area (Å²) < 4.78 is 26.4. The Hall–Kier alpha value is -1.44. The van der Waals surface area contributed by atoms with Crippen LogP contribution in [0.4, 0.5) is 8.78 Å². The Morgan fingerprint density at radius 2 is 1.72 bits per heavy atom. The van der Waals surface area contributed by atoms with Gasteiger partial charge in [-0.15, -0.1) is 0 Å². The molecule has 0 unspecified atom stereocenters. The van der Waals surface area contributed by atoms with E-state index in [1.807, 2.05) is 49.4 Å². The largest absolute Gasteiger partial charge is 0.250 e. The van der Waals surface area contributed by atoms with E-state index in [1.165, 1.54) is 0 Å². The summed E-state index contributed by atoms with van der Waals surface area (Å²) in [5, 5.41) is 0. The minimum absolute atomic E-state index is 0.120. The highest BCUT2D eigenvalue weighted by Crippen LogP contribution is 2.40. The Labute approximate surface area is 107 Å². The molecule has 0 heterocycles. The zero-order chi connectivity index (χ0) is 13.0. The zero-order valence-electron chi connectivity index (χ0n) is 10.5. The number of halogens is 2. The Balaban J connectivity index is 2.19. The van der Waals surface area contributed by atoms with Crippen LogP contribution >= 0.6 is 0 Å². The number of alkyl halides is 2. The highest BCUT2D eigenvalue weighted by molar-refractivity contribution is 5.34. The van der Waals surface area contributed by atoms with Crippen molar-refractivity contribution in [3.8, 4) is 0 Å². The van der Waals surface area contributed by atoms with E-state index < -0.39 is 11.8 Å². The predicted octanol–water partition coefficient (Wildman–Crippen LogP) is 4.95. The van der Waals surface area contributed by atoms with Crippen LogP contribution < -0.4 is 0 Å². The summed E-state index contributed by atoms with van der Waals surface area (Å²) in [4.78, 5) is 0. The van der Waals surface area contributed by atoms with Crippen LogP contribution in [0.15, 0.2) is 54.6 Å². The molecular weight excluding hydrogens is 230 g/mol. The third-order valence-electron chi connectivity index (χ3n) is 3.50. The maximum absolute atomic E-state index is 13.2. The molecule has 0 saturated carbocycles. The highest BCUT2D eigenvalue weighted by atomic mass is 19.3. The molecule has 0 aliphatic heterocycles. The summed E-state index contributed by atoms with van der Waals surface area (Å²) in [5.74, 6) is 0.120. The van der Waals surface area contributed by atoms with Gasteiger partial charge in [0.05, 0.1) is 5.41 Å². The molecule has 0 radical (unpaired) electrons. The molecule has 96 valence electrons. The number of allylic oxidation sites excluding steroid dienone is 4. The first-order valence-corrected chi connectivity index (χ1v) is 6.40. The second-order valence-corrected chi connectivity index (χ2v) is 4.82. The van der Waals surface area contributed by atoms with Crippen molar-refractivity contribution in [3.05, 3.63) is 60.2 Å². The fourth-order valence-electron chi connectivity index (χ4n) is 2.44. The zero-order valence-corrected chi connectivity index (χ0v) is 10.5. The lowest BCUT2D eigenvalue weighted by Crippen LogP contribution is -2.26. The highest BCUT2D eigenvalue weighted by Gasteiger charge is 2.35. The molecule has 0 atom stereocenters. The first kappa shape index (κ1) is 13.0. The molecule has 0 spiro atoms. The van der Waals surface area contributed by atoms with Crippen molar-refractivity contribution in [1.29, 1.82) is 0 Å². The fraction of sp³-hybridized carbons (Fsp3) is 0.375. The molecular formula is C16H18F2. The summed E-state index contributed by atoms with van der Waals surface area (Å²) in [5.41, 5.74) is 0.0874. The molecule has 2 rings (SSSR count). The van der Waals surface area contributed by atoms with E-state index in [0.717, 1.165) is 12.0 Å². The van der Waals surface area contributed by atoms with Gasteiger partial charge in [-0.25, -0.2) is 8.78 Å². The summed E-state index contributed by atoms with van der Waals surface area (Å²) in [7, 11) is 0. The van der Waals surface area contributed by atoms with Crippen LogP contribution in [0.3, 0.4) is 0 Å². The van der Waals surface area contributed by atoms with E-state index in [9.17, 15) is 8.78 Å². The van der Waals surface area contributed by atoms with Crippen molar-refractivity contribution in [3.63, 3.8) is 0 Å². The minimum Gasteiger partial charge on any atom is -0.209 e. The van der Waals surface area contributed by atoms with Gasteiger partial charge in [-0.3, -0.25) is 0 Å². The Kier molecular flexibility index (Phi) is 3.95. The minimum atomic E-state index is -2.33. The molecule has 0 bridgehead atoms. The smallest absolute Gasteiger partial charge is 0.209 e. The van der Waals surface area contributed by atoms with Gasteiger partial charge in [0.25, 0.3) is 6.43 Å². The van der Waals surface area contributed by atoms with Crippen LogP contribution in [0, 0.1) is 5.41 Å². The molecule has 0 fully saturated rings. The molecule has 18 heavy (non-hydrogen) atoms. The van der Waals surface area contributed by atoms with Crippen molar-refractivity contribution in [2.75, 3.05) is 0 Å². The summed E-state index contributed by atoms with van der Waals surface area (Å²) in [6, 6.07) is 9.94. The quantitative estimate of drug-likeness (QED) is 0.661. The molecule has 1 aliphatic rings. The van der Waals surface area contributed by atoms with Gasteiger partial charge in [0.2, 0.25) is 0 Å². The monoisotopic (exact) mass is 248 g/mol. The van der Waals surface area contributed by atoms with E-state index in [-0.39, 0.29) is 5.92 Å². The van der Waals surface area contributed by atoms with Crippen molar-refractivity contribution >= 4 is 0 Å². The fourth-order valence-corrected chi connectivity index (χ4v) is 2.44. The van der Waals surface area contributed by atoms with Crippen LogP contribution in [-0.4, -0.2) is 6.43 Å². The number of rotatable bonds is 4. The van der Waals surface area contributed by atoms with Gasteiger partial charge in [-0.2, -0.15) is 0 Å². The maximum Gasteiger partial charge on any atom is 0.250 e. The molecule has 0 nitrogen and oxygen atoms in total. The summed E-state index contributed by atoms with van der Waals surface area (Å²) in [6.07, 6.45) is 6.11. The Morgan fingerprint density at radius 1 is 1.11 bits per heavy atom. The van der Waals surface area contributed by atoms with Crippen molar-refractivity contribution < 1.29 is 8.78 Å². The lowest BCUT2D eigenvalue weighted by atomic mass is 9.77. The average molecular weight is 248 g/mol. The Morgan fingerprint density at radius 3 is 2.22 bits per heavy atom. The van der Waals surface area contributed by atoms with Gasteiger partial charge in [0, 0.05) is 5.92 Å². The molecule has 0 amide bonds. The summed E-state index contributed by atoms with van der Waals surface area (Å²) >= 11 is 0. The second-order valence-electron chi connectivity index (χ2n) is 4.82.